The van der Waals surface area contributed by atoms with Crippen LogP contribution in [0.5, 0.6) is 0 Å². The van der Waals surface area contributed by atoms with Gasteiger partial charge in [0.1, 0.15) is 17.7 Å². The zero-order valence-corrected chi connectivity index (χ0v) is 15.1. The monoisotopic (exact) mass is 399 g/mol. The number of hydrogen-bond acceptors (Lipinski definition) is 7. The van der Waals surface area contributed by atoms with E-state index in [9.17, 15) is 23.2 Å². The summed E-state index contributed by atoms with van der Waals surface area (Å²) in [5.74, 6) is -0.668. The average Bonchev–Trinajstić information content (AvgIpc) is 2.60. The highest BCUT2D eigenvalue weighted by Crippen LogP contribution is 2.30. The van der Waals surface area contributed by atoms with Crippen molar-refractivity contribution in [3.05, 3.63) is 40.4 Å². The molecule has 0 saturated carbocycles. The van der Waals surface area contributed by atoms with E-state index in [0.29, 0.717) is 5.03 Å². The van der Waals surface area contributed by atoms with Gasteiger partial charge in [-0.2, -0.15) is 18.4 Å². The van der Waals surface area contributed by atoms with E-state index in [1.54, 1.807) is 6.26 Å². The Kier molecular flexibility index (Phi) is 6.35. The highest BCUT2D eigenvalue weighted by atomic mass is 32.2. The number of amides is 1. The van der Waals surface area contributed by atoms with Gasteiger partial charge in [-0.25, -0.2) is 4.99 Å². The minimum Gasteiger partial charge on any atom is -0.370 e. The third-order valence-electron chi connectivity index (χ3n) is 3.47. The van der Waals surface area contributed by atoms with Crippen LogP contribution in [-0.2, 0) is 15.7 Å². The maximum absolute atomic E-state index is 12.8. The smallest absolute Gasteiger partial charge is 0.370 e. The Hall–Kier alpha value is -2.71. The van der Waals surface area contributed by atoms with Gasteiger partial charge < -0.3 is 21.1 Å². The van der Waals surface area contributed by atoms with Crippen LogP contribution in [0.3, 0.4) is 0 Å². The molecule has 1 amide bonds. The van der Waals surface area contributed by atoms with E-state index in [0.717, 1.165) is 12.1 Å². The molecule has 1 aliphatic heterocycles. The Morgan fingerprint density at radius 2 is 2.22 bits per heavy atom. The summed E-state index contributed by atoms with van der Waals surface area (Å²) < 4.78 is 43.8. The molecule has 2 atom stereocenters. The largest absolute Gasteiger partial charge is 0.416 e. The molecule has 0 aliphatic carbocycles. The number of guanidine groups is 1. The predicted octanol–water partition coefficient (Wildman–Crippen LogP) is 2.39. The molecule has 0 spiro atoms. The van der Waals surface area contributed by atoms with Crippen LogP contribution in [0.15, 0.2) is 39.9 Å². The van der Waals surface area contributed by atoms with Gasteiger partial charge in [0.15, 0.2) is 12.2 Å². The molecule has 4 N–H and O–H groups in total. The topological polar surface area (TPSA) is 113 Å². The number of ether oxygens (including phenoxy) is 1. The summed E-state index contributed by atoms with van der Waals surface area (Å²) >= 11 is 1.23. The van der Waals surface area contributed by atoms with Crippen LogP contribution in [0.25, 0.3) is 0 Å². The summed E-state index contributed by atoms with van der Waals surface area (Å²) in [6, 6.07) is 6.17. The normalized spacial score (nSPS) is 18.2. The maximum Gasteiger partial charge on any atom is 0.416 e. The van der Waals surface area contributed by atoms with Crippen molar-refractivity contribution < 1.29 is 22.7 Å². The lowest BCUT2D eigenvalue weighted by atomic mass is 10.2. The summed E-state index contributed by atoms with van der Waals surface area (Å²) in [5.41, 5.74) is 4.87. The number of nitriles is 1. The molecule has 0 radical (unpaired) electrons. The molecule has 0 aromatic heterocycles. The minimum atomic E-state index is -4.52. The first kappa shape index (κ1) is 20.6. The van der Waals surface area contributed by atoms with Gasteiger partial charge in [0, 0.05) is 5.69 Å². The highest BCUT2D eigenvalue weighted by Gasteiger charge is 2.31. The number of nitrogens with zero attached hydrogens (tertiary/aromatic N) is 2. The van der Waals surface area contributed by atoms with Crippen molar-refractivity contribution in [1.29, 1.82) is 5.26 Å². The fourth-order valence-electron chi connectivity index (χ4n) is 2.16. The van der Waals surface area contributed by atoms with Crippen LogP contribution < -0.4 is 16.4 Å². The first-order valence-corrected chi connectivity index (χ1v) is 8.80. The molecule has 144 valence electrons. The van der Waals surface area contributed by atoms with Crippen LogP contribution in [0, 0.1) is 11.3 Å². The number of alkyl halides is 3. The van der Waals surface area contributed by atoms with Gasteiger partial charge >= 0.3 is 6.18 Å². The predicted molar refractivity (Wildman–Crippen MR) is 95.3 cm³/mol. The lowest BCUT2D eigenvalue weighted by Crippen LogP contribution is -2.40. The molecule has 11 heteroatoms. The number of nitrogens with two attached hydrogens (primary N) is 1. The Morgan fingerprint density at radius 3 is 2.81 bits per heavy atom. The van der Waals surface area contributed by atoms with Gasteiger partial charge in [0.2, 0.25) is 0 Å². The number of halogens is 3. The summed E-state index contributed by atoms with van der Waals surface area (Å²) in [4.78, 5) is 16.2. The first-order chi connectivity index (χ1) is 12.7. The molecule has 1 unspecified atom stereocenters. The molecular weight excluding hydrogens is 383 g/mol. The second-order valence-corrected chi connectivity index (χ2v) is 6.21. The number of benzene rings is 1. The Morgan fingerprint density at radius 1 is 1.52 bits per heavy atom. The van der Waals surface area contributed by atoms with E-state index in [4.69, 9.17) is 10.5 Å². The van der Waals surface area contributed by atoms with Crippen LogP contribution >= 0.6 is 11.8 Å². The van der Waals surface area contributed by atoms with Crippen LogP contribution in [-0.4, -0.2) is 30.5 Å². The number of aliphatic imine (C=N–C) groups is 1. The van der Waals surface area contributed by atoms with E-state index in [2.05, 4.69) is 15.6 Å². The molecule has 0 fully saturated rings. The van der Waals surface area contributed by atoms with Crippen molar-refractivity contribution in [2.75, 3.05) is 11.6 Å². The summed E-state index contributed by atoms with van der Waals surface area (Å²) in [7, 11) is 0. The fourth-order valence-corrected chi connectivity index (χ4v) is 2.73. The number of anilines is 1. The van der Waals surface area contributed by atoms with Gasteiger partial charge in [-0.3, -0.25) is 4.79 Å². The number of nitrogens with one attached hydrogen (secondary N) is 2. The zero-order valence-electron chi connectivity index (χ0n) is 14.3. The van der Waals surface area contributed by atoms with Crippen molar-refractivity contribution in [2.45, 2.75) is 25.4 Å². The van der Waals surface area contributed by atoms with Gasteiger partial charge in [-0.05, 0) is 31.4 Å². The Labute approximate surface area is 157 Å². The summed E-state index contributed by atoms with van der Waals surface area (Å²) in [6.07, 6.45) is -5.00. The number of carbonyl (C=O) groups is 1. The highest BCUT2D eigenvalue weighted by molar-refractivity contribution is 8.02. The molecular formula is C16H16F3N5O2S. The lowest BCUT2D eigenvalue weighted by molar-refractivity contribution is -0.137. The minimum absolute atomic E-state index is 0.0221. The molecule has 1 aromatic rings. The molecule has 27 heavy (non-hydrogen) atoms. The van der Waals surface area contributed by atoms with Crippen molar-refractivity contribution in [3.8, 4) is 6.07 Å². The van der Waals surface area contributed by atoms with Gasteiger partial charge in [-0.15, -0.1) is 11.8 Å². The fraction of sp³-hybridized carbons (Fsp3) is 0.312. The third-order valence-corrected chi connectivity index (χ3v) is 4.20. The second-order valence-electron chi connectivity index (χ2n) is 5.40. The van der Waals surface area contributed by atoms with E-state index in [-0.39, 0.29) is 17.2 Å². The maximum atomic E-state index is 12.8. The molecule has 2 rings (SSSR count). The van der Waals surface area contributed by atoms with E-state index in [1.165, 1.54) is 30.8 Å². The van der Waals surface area contributed by atoms with Crippen molar-refractivity contribution in [2.24, 2.45) is 10.7 Å². The van der Waals surface area contributed by atoms with Crippen LogP contribution in [0.4, 0.5) is 18.9 Å². The van der Waals surface area contributed by atoms with E-state index in [1.807, 2.05) is 6.07 Å². The zero-order chi connectivity index (χ0) is 20.2. The van der Waals surface area contributed by atoms with Gasteiger partial charge in [0.25, 0.3) is 5.91 Å². The SMILES string of the molecule is CSC1=C(C#N)C(O[C@H](C)C(=O)Nc2cccc(C(F)(F)F)c2)N=C(N)N1. The number of rotatable bonds is 5. The lowest BCUT2D eigenvalue weighted by Gasteiger charge is -2.24. The number of thioether (sulfide) groups is 1. The summed E-state index contributed by atoms with van der Waals surface area (Å²) in [5, 5.41) is 14.8. The average molecular weight is 399 g/mol. The third kappa shape index (κ3) is 5.15. The van der Waals surface area contributed by atoms with Crippen LogP contribution in [0.2, 0.25) is 0 Å². The second kappa shape index (κ2) is 8.32. The number of hydrogen-bond donors (Lipinski definition) is 3. The van der Waals surface area contributed by atoms with Gasteiger partial charge in [0.05, 0.1) is 10.6 Å². The molecule has 0 saturated heterocycles. The molecule has 1 heterocycles. The standard InChI is InChI=1S/C16H16F3N5O2S/c1-8(26-13-11(7-20)14(27-2)24-15(21)23-13)12(25)22-10-5-3-4-9(6-10)16(17,18)19/h3-6,8,13H,1-2H3,(H,22,25)(H3,21,23,24)/t8-,13?/m1/s1. The molecule has 0 bridgehead atoms. The summed E-state index contributed by atoms with van der Waals surface area (Å²) in [6.45, 7) is 1.39. The number of carbonyl (C=O) groups excluding carboxylic acids is 1. The molecule has 7 nitrogen and oxygen atoms in total. The van der Waals surface area contributed by atoms with Crippen molar-refractivity contribution >= 4 is 29.3 Å². The van der Waals surface area contributed by atoms with Crippen molar-refractivity contribution in [3.63, 3.8) is 0 Å². The van der Waals surface area contributed by atoms with Gasteiger partial charge in [-0.1, -0.05) is 6.07 Å². The van der Waals surface area contributed by atoms with Crippen LogP contribution in [0.1, 0.15) is 12.5 Å². The molecule has 1 aromatic carbocycles. The Balaban J connectivity index is 2.11. The van der Waals surface area contributed by atoms with Crippen molar-refractivity contribution in [1.82, 2.24) is 5.32 Å². The first-order valence-electron chi connectivity index (χ1n) is 7.58. The Bertz CT molecular complexity index is 832. The molecule has 1 aliphatic rings. The quantitative estimate of drug-likeness (QED) is 0.701. The van der Waals surface area contributed by atoms with E-state index < -0.39 is 30.0 Å². The van der Waals surface area contributed by atoms with E-state index >= 15 is 0 Å².